The van der Waals surface area contributed by atoms with Gasteiger partial charge in [-0.25, -0.2) is 4.68 Å². The van der Waals surface area contributed by atoms with E-state index in [4.69, 9.17) is 23.2 Å². The number of nitrogens with zero attached hydrogens (tertiary/aromatic N) is 2. The third kappa shape index (κ3) is 2.36. The van der Waals surface area contributed by atoms with E-state index >= 15 is 0 Å². The fraction of sp³-hybridized carbons (Fsp3) is 0.100. The lowest BCUT2D eigenvalue weighted by Crippen LogP contribution is -1.95. The molecule has 1 aromatic carbocycles. The van der Waals surface area contributed by atoms with E-state index in [0.29, 0.717) is 10.9 Å². The maximum Gasteiger partial charge on any atom is 0.0776 e. The standard InChI is InChI=1S/C10H7BrCl2N2/c11-9-2-1-8(5-10(9)13)15-4-3-7(6-12)14-15/h1-5H,6H2. The Kier molecular flexibility index (Phi) is 3.34. The molecular weight excluding hydrogens is 299 g/mol. The molecule has 0 radical (unpaired) electrons. The van der Waals surface area contributed by atoms with E-state index in [0.717, 1.165) is 15.9 Å². The Morgan fingerprint density at radius 3 is 2.73 bits per heavy atom. The van der Waals surface area contributed by atoms with Crippen molar-refractivity contribution in [3.63, 3.8) is 0 Å². The second-order valence-electron chi connectivity index (χ2n) is 2.98. The summed E-state index contributed by atoms with van der Waals surface area (Å²) in [5.74, 6) is 0.414. The molecular formula is C10H7BrCl2N2. The van der Waals surface area contributed by atoms with Gasteiger partial charge in [0, 0.05) is 10.7 Å². The minimum absolute atomic E-state index is 0.414. The van der Waals surface area contributed by atoms with Crippen LogP contribution in [0.2, 0.25) is 5.02 Å². The van der Waals surface area contributed by atoms with Crippen molar-refractivity contribution in [3.05, 3.63) is 45.7 Å². The average molecular weight is 306 g/mol. The van der Waals surface area contributed by atoms with Crippen molar-refractivity contribution in [2.75, 3.05) is 0 Å². The zero-order valence-electron chi connectivity index (χ0n) is 7.62. The predicted octanol–water partition coefficient (Wildman–Crippen LogP) is 4.03. The van der Waals surface area contributed by atoms with Gasteiger partial charge in [0.15, 0.2) is 0 Å². The first-order valence-electron chi connectivity index (χ1n) is 4.26. The summed E-state index contributed by atoms with van der Waals surface area (Å²) >= 11 is 15.0. The molecule has 0 atom stereocenters. The largest absolute Gasteiger partial charge is 0.241 e. The molecule has 5 heteroatoms. The molecule has 0 bridgehead atoms. The molecule has 0 aliphatic carbocycles. The van der Waals surface area contributed by atoms with Gasteiger partial charge in [-0.2, -0.15) is 5.10 Å². The summed E-state index contributed by atoms with van der Waals surface area (Å²) in [5.41, 5.74) is 1.76. The topological polar surface area (TPSA) is 17.8 Å². The van der Waals surface area contributed by atoms with Gasteiger partial charge in [-0.3, -0.25) is 0 Å². The Balaban J connectivity index is 2.40. The van der Waals surface area contributed by atoms with Gasteiger partial charge in [-0.05, 0) is 40.2 Å². The van der Waals surface area contributed by atoms with Crippen LogP contribution < -0.4 is 0 Å². The Bertz CT molecular complexity index is 482. The molecule has 0 amide bonds. The molecule has 2 rings (SSSR count). The zero-order valence-corrected chi connectivity index (χ0v) is 10.7. The van der Waals surface area contributed by atoms with E-state index < -0.39 is 0 Å². The molecule has 1 aromatic heterocycles. The van der Waals surface area contributed by atoms with Crippen molar-refractivity contribution in [2.45, 2.75) is 5.88 Å². The number of halogens is 3. The molecule has 0 N–H and O–H groups in total. The SMILES string of the molecule is ClCc1ccn(-c2ccc(Br)c(Cl)c2)n1. The fourth-order valence-electron chi connectivity index (χ4n) is 1.20. The van der Waals surface area contributed by atoms with Crippen LogP contribution >= 0.6 is 39.1 Å². The summed E-state index contributed by atoms with van der Waals surface area (Å²) in [4.78, 5) is 0. The normalized spacial score (nSPS) is 10.6. The Hall–Kier alpha value is -0.510. The van der Waals surface area contributed by atoms with Gasteiger partial charge in [-0.1, -0.05) is 11.6 Å². The molecule has 0 spiro atoms. The molecule has 2 nitrogen and oxygen atoms in total. The Labute approximate surface area is 106 Å². The van der Waals surface area contributed by atoms with Gasteiger partial charge >= 0.3 is 0 Å². The smallest absolute Gasteiger partial charge is 0.0776 e. The third-order valence-electron chi connectivity index (χ3n) is 1.95. The molecule has 0 saturated heterocycles. The second kappa shape index (κ2) is 4.56. The molecule has 0 saturated carbocycles. The van der Waals surface area contributed by atoms with Crippen LogP contribution in [0.3, 0.4) is 0 Å². The molecule has 15 heavy (non-hydrogen) atoms. The first-order valence-corrected chi connectivity index (χ1v) is 5.97. The van der Waals surface area contributed by atoms with Crippen molar-refractivity contribution in [3.8, 4) is 5.69 Å². The van der Waals surface area contributed by atoms with Crippen molar-refractivity contribution in [2.24, 2.45) is 0 Å². The van der Waals surface area contributed by atoms with Crippen molar-refractivity contribution < 1.29 is 0 Å². The summed E-state index contributed by atoms with van der Waals surface area (Å²) in [6.45, 7) is 0. The molecule has 0 aliphatic rings. The van der Waals surface area contributed by atoms with Crippen LogP contribution in [-0.4, -0.2) is 9.78 Å². The van der Waals surface area contributed by atoms with E-state index in [9.17, 15) is 0 Å². The van der Waals surface area contributed by atoms with Gasteiger partial charge in [0.25, 0.3) is 0 Å². The highest BCUT2D eigenvalue weighted by Crippen LogP contribution is 2.24. The van der Waals surface area contributed by atoms with Crippen molar-refractivity contribution in [1.29, 1.82) is 0 Å². The third-order valence-corrected chi connectivity index (χ3v) is 3.46. The second-order valence-corrected chi connectivity index (χ2v) is 4.51. The number of hydrogen-bond acceptors (Lipinski definition) is 1. The summed E-state index contributed by atoms with van der Waals surface area (Å²) in [6, 6.07) is 7.54. The van der Waals surface area contributed by atoms with E-state index in [1.54, 1.807) is 4.68 Å². The van der Waals surface area contributed by atoms with Crippen LogP contribution in [0.25, 0.3) is 5.69 Å². The molecule has 1 heterocycles. The van der Waals surface area contributed by atoms with Crippen LogP contribution in [0.5, 0.6) is 0 Å². The predicted molar refractivity (Wildman–Crippen MR) is 65.8 cm³/mol. The van der Waals surface area contributed by atoms with Gasteiger partial charge in [0.2, 0.25) is 0 Å². The molecule has 0 fully saturated rings. The average Bonchev–Trinajstić information content (AvgIpc) is 2.70. The summed E-state index contributed by atoms with van der Waals surface area (Å²) in [7, 11) is 0. The highest BCUT2D eigenvalue weighted by atomic mass is 79.9. The number of hydrogen-bond donors (Lipinski definition) is 0. The van der Waals surface area contributed by atoms with Gasteiger partial charge in [-0.15, -0.1) is 11.6 Å². The minimum Gasteiger partial charge on any atom is -0.241 e. The minimum atomic E-state index is 0.414. The van der Waals surface area contributed by atoms with Gasteiger partial charge in [0.1, 0.15) is 0 Å². The first kappa shape index (κ1) is 11.0. The van der Waals surface area contributed by atoms with Gasteiger partial charge < -0.3 is 0 Å². The first-order chi connectivity index (χ1) is 7.20. The number of benzene rings is 1. The summed E-state index contributed by atoms with van der Waals surface area (Å²) in [5, 5.41) is 4.94. The fourth-order valence-corrected chi connectivity index (χ4v) is 1.77. The lowest BCUT2D eigenvalue weighted by molar-refractivity contribution is 0.858. The van der Waals surface area contributed by atoms with Crippen molar-refractivity contribution in [1.82, 2.24) is 9.78 Å². The number of rotatable bonds is 2. The Morgan fingerprint density at radius 1 is 1.33 bits per heavy atom. The lowest BCUT2D eigenvalue weighted by Gasteiger charge is -2.02. The summed E-state index contributed by atoms with van der Waals surface area (Å²) in [6.07, 6.45) is 1.86. The highest BCUT2D eigenvalue weighted by molar-refractivity contribution is 9.10. The van der Waals surface area contributed by atoms with Crippen LogP contribution in [0.1, 0.15) is 5.69 Å². The Morgan fingerprint density at radius 2 is 2.13 bits per heavy atom. The quantitative estimate of drug-likeness (QED) is 0.766. The van der Waals surface area contributed by atoms with Crippen LogP contribution in [0, 0.1) is 0 Å². The van der Waals surface area contributed by atoms with Crippen LogP contribution in [0.15, 0.2) is 34.9 Å². The van der Waals surface area contributed by atoms with Crippen LogP contribution in [-0.2, 0) is 5.88 Å². The van der Waals surface area contributed by atoms with E-state index in [-0.39, 0.29) is 0 Å². The number of aromatic nitrogens is 2. The van der Waals surface area contributed by atoms with E-state index in [1.165, 1.54) is 0 Å². The molecule has 2 aromatic rings. The maximum absolute atomic E-state index is 5.99. The maximum atomic E-state index is 5.99. The molecule has 78 valence electrons. The number of alkyl halides is 1. The monoisotopic (exact) mass is 304 g/mol. The molecule has 0 aliphatic heterocycles. The zero-order chi connectivity index (χ0) is 10.8. The van der Waals surface area contributed by atoms with E-state index in [2.05, 4.69) is 21.0 Å². The molecule has 0 unspecified atom stereocenters. The van der Waals surface area contributed by atoms with Crippen LogP contribution in [0.4, 0.5) is 0 Å². The summed E-state index contributed by atoms with van der Waals surface area (Å²) < 4.78 is 2.62. The van der Waals surface area contributed by atoms with E-state index in [1.807, 2.05) is 30.5 Å². The highest BCUT2D eigenvalue weighted by Gasteiger charge is 2.02. The lowest BCUT2D eigenvalue weighted by atomic mass is 10.3. The van der Waals surface area contributed by atoms with Gasteiger partial charge in [0.05, 0.1) is 22.3 Å². The van der Waals surface area contributed by atoms with Crippen molar-refractivity contribution >= 4 is 39.1 Å².